The maximum Gasteiger partial charge on any atom is 0.293 e. The molecule has 0 saturated carbocycles. The first-order valence-corrected chi connectivity index (χ1v) is 3.86. The molecular weight excluding hydrogens is 152 g/mol. The fraction of sp³-hybridized carbons (Fsp3) is 0.300. The Morgan fingerprint density at radius 2 is 2.17 bits per heavy atom. The zero-order valence-corrected chi connectivity index (χ0v) is 7.33. The van der Waals surface area contributed by atoms with Crippen molar-refractivity contribution in [2.75, 3.05) is 0 Å². The van der Waals surface area contributed by atoms with Crippen LogP contribution >= 0.6 is 0 Å². The highest BCUT2D eigenvalue weighted by molar-refractivity contribution is 5.39. The van der Waals surface area contributed by atoms with E-state index in [9.17, 15) is 4.79 Å². The molecule has 0 aromatic heterocycles. The summed E-state index contributed by atoms with van der Waals surface area (Å²) in [6, 6.07) is 5.97. The predicted octanol–water partition coefficient (Wildman–Crippen LogP) is 1.98. The van der Waals surface area contributed by atoms with Crippen molar-refractivity contribution in [1.82, 2.24) is 0 Å². The van der Waals surface area contributed by atoms with E-state index in [2.05, 4.69) is 4.74 Å². The van der Waals surface area contributed by atoms with Crippen LogP contribution in [0.25, 0.3) is 0 Å². The van der Waals surface area contributed by atoms with E-state index in [0.717, 1.165) is 5.56 Å². The minimum Gasteiger partial charge on any atom is -0.463 e. The lowest BCUT2D eigenvalue weighted by Crippen LogP contribution is -1.94. The first-order chi connectivity index (χ1) is 5.75. The molecule has 1 rings (SSSR count). The van der Waals surface area contributed by atoms with Crippen LogP contribution in [0, 0.1) is 13.8 Å². The second kappa shape index (κ2) is 3.90. The standard InChI is InChI=1S/C10H12O2/c1-8-4-3-5-10(9(8)2)6-12-7-11/h3-5,7H,6H2,1-2H3. The van der Waals surface area contributed by atoms with Gasteiger partial charge in [-0.05, 0) is 30.5 Å². The molecule has 64 valence electrons. The molecule has 0 fully saturated rings. The quantitative estimate of drug-likeness (QED) is 0.638. The van der Waals surface area contributed by atoms with E-state index >= 15 is 0 Å². The molecule has 0 unspecified atom stereocenters. The van der Waals surface area contributed by atoms with Gasteiger partial charge < -0.3 is 4.74 Å². The second-order valence-electron chi connectivity index (χ2n) is 2.77. The summed E-state index contributed by atoms with van der Waals surface area (Å²) in [5.74, 6) is 0. The number of aryl methyl sites for hydroxylation is 1. The van der Waals surface area contributed by atoms with Gasteiger partial charge in [-0.25, -0.2) is 0 Å². The predicted molar refractivity (Wildman–Crippen MR) is 46.8 cm³/mol. The van der Waals surface area contributed by atoms with Crippen LogP contribution in [0.4, 0.5) is 0 Å². The van der Waals surface area contributed by atoms with E-state index in [0.29, 0.717) is 13.1 Å². The monoisotopic (exact) mass is 164 g/mol. The van der Waals surface area contributed by atoms with Crippen LogP contribution in [-0.4, -0.2) is 6.47 Å². The number of carbonyl (C=O) groups is 1. The van der Waals surface area contributed by atoms with E-state index in [4.69, 9.17) is 0 Å². The van der Waals surface area contributed by atoms with Gasteiger partial charge in [-0.2, -0.15) is 0 Å². The van der Waals surface area contributed by atoms with E-state index in [1.165, 1.54) is 11.1 Å². The van der Waals surface area contributed by atoms with Crippen molar-refractivity contribution in [1.29, 1.82) is 0 Å². The SMILES string of the molecule is Cc1cccc(COC=O)c1C. The third-order valence-electron chi connectivity index (χ3n) is 2.02. The second-order valence-corrected chi connectivity index (χ2v) is 2.77. The average molecular weight is 164 g/mol. The molecule has 1 aromatic carbocycles. The van der Waals surface area contributed by atoms with Crippen LogP contribution < -0.4 is 0 Å². The summed E-state index contributed by atoms with van der Waals surface area (Å²) in [6.45, 7) is 4.91. The number of ether oxygens (including phenoxy) is 1. The Hall–Kier alpha value is -1.31. The van der Waals surface area contributed by atoms with Gasteiger partial charge in [0.2, 0.25) is 0 Å². The Morgan fingerprint density at radius 3 is 2.83 bits per heavy atom. The number of carbonyl (C=O) groups excluding carboxylic acids is 1. The number of hydrogen-bond donors (Lipinski definition) is 0. The highest BCUT2D eigenvalue weighted by Gasteiger charge is 1.99. The molecule has 0 aliphatic heterocycles. The molecular formula is C10H12O2. The third-order valence-corrected chi connectivity index (χ3v) is 2.02. The van der Waals surface area contributed by atoms with E-state index in [1.807, 2.05) is 32.0 Å². The van der Waals surface area contributed by atoms with E-state index < -0.39 is 0 Å². The van der Waals surface area contributed by atoms with Crippen LogP contribution in [0.3, 0.4) is 0 Å². The number of hydrogen-bond acceptors (Lipinski definition) is 2. The Kier molecular flexibility index (Phi) is 2.86. The molecule has 0 N–H and O–H groups in total. The summed E-state index contributed by atoms with van der Waals surface area (Å²) < 4.78 is 4.67. The average Bonchev–Trinajstić information content (AvgIpc) is 2.08. The molecule has 0 radical (unpaired) electrons. The molecule has 0 aliphatic rings. The Morgan fingerprint density at radius 1 is 1.42 bits per heavy atom. The van der Waals surface area contributed by atoms with Gasteiger partial charge in [0.25, 0.3) is 6.47 Å². The first-order valence-electron chi connectivity index (χ1n) is 3.86. The fourth-order valence-electron chi connectivity index (χ4n) is 1.09. The van der Waals surface area contributed by atoms with Crippen molar-refractivity contribution in [2.24, 2.45) is 0 Å². The summed E-state index contributed by atoms with van der Waals surface area (Å²) in [5.41, 5.74) is 3.49. The summed E-state index contributed by atoms with van der Waals surface area (Å²) >= 11 is 0. The summed E-state index contributed by atoms with van der Waals surface area (Å²) in [5, 5.41) is 0. The van der Waals surface area contributed by atoms with Crippen LogP contribution in [0.5, 0.6) is 0 Å². The summed E-state index contributed by atoms with van der Waals surface area (Å²) in [6.07, 6.45) is 0. The number of rotatable bonds is 3. The van der Waals surface area contributed by atoms with Gasteiger partial charge >= 0.3 is 0 Å². The van der Waals surface area contributed by atoms with Gasteiger partial charge in [0, 0.05) is 0 Å². The highest BCUT2D eigenvalue weighted by atomic mass is 16.5. The molecule has 0 amide bonds. The number of benzene rings is 1. The Labute approximate surface area is 72.2 Å². The van der Waals surface area contributed by atoms with Gasteiger partial charge in [-0.15, -0.1) is 0 Å². The van der Waals surface area contributed by atoms with Gasteiger partial charge in [0.15, 0.2) is 0 Å². The first kappa shape index (κ1) is 8.78. The zero-order valence-electron chi connectivity index (χ0n) is 7.33. The lowest BCUT2D eigenvalue weighted by Gasteiger charge is -2.06. The van der Waals surface area contributed by atoms with Gasteiger partial charge in [-0.3, -0.25) is 4.79 Å². The molecule has 0 saturated heterocycles. The summed E-state index contributed by atoms with van der Waals surface area (Å²) in [7, 11) is 0. The molecule has 0 bridgehead atoms. The molecule has 0 aliphatic carbocycles. The molecule has 2 heteroatoms. The molecule has 0 atom stereocenters. The Balaban J connectivity index is 2.84. The zero-order chi connectivity index (χ0) is 8.97. The molecule has 12 heavy (non-hydrogen) atoms. The minimum absolute atomic E-state index is 0.372. The van der Waals surface area contributed by atoms with Gasteiger partial charge in [-0.1, -0.05) is 18.2 Å². The van der Waals surface area contributed by atoms with Crippen LogP contribution in [0.15, 0.2) is 18.2 Å². The van der Waals surface area contributed by atoms with Crippen LogP contribution in [-0.2, 0) is 16.1 Å². The fourth-order valence-corrected chi connectivity index (χ4v) is 1.09. The Bertz CT molecular complexity index is 279. The van der Waals surface area contributed by atoms with Gasteiger partial charge in [0.05, 0.1) is 0 Å². The van der Waals surface area contributed by atoms with Crippen molar-refractivity contribution in [3.05, 3.63) is 34.9 Å². The minimum atomic E-state index is 0.372. The molecule has 1 aromatic rings. The van der Waals surface area contributed by atoms with Gasteiger partial charge in [0.1, 0.15) is 6.61 Å². The van der Waals surface area contributed by atoms with Crippen molar-refractivity contribution >= 4 is 6.47 Å². The topological polar surface area (TPSA) is 26.3 Å². The van der Waals surface area contributed by atoms with Crippen LogP contribution in [0.2, 0.25) is 0 Å². The van der Waals surface area contributed by atoms with Crippen molar-refractivity contribution in [3.8, 4) is 0 Å². The van der Waals surface area contributed by atoms with Crippen molar-refractivity contribution in [3.63, 3.8) is 0 Å². The molecule has 0 spiro atoms. The summed E-state index contributed by atoms with van der Waals surface area (Å²) in [4.78, 5) is 9.95. The lowest BCUT2D eigenvalue weighted by atomic mass is 10.0. The van der Waals surface area contributed by atoms with Crippen LogP contribution in [0.1, 0.15) is 16.7 Å². The molecule has 0 heterocycles. The van der Waals surface area contributed by atoms with E-state index in [1.54, 1.807) is 0 Å². The smallest absolute Gasteiger partial charge is 0.293 e. The normalized spacial score (nSPS) is 9.50. The van der Waals surface area contributed by atoms with Crippen molar-refractivity contribution < 1.29 is 9.53 Å². The maximum atomic E-state index is 9.95. The largest absolute Gasteiger partial charge is 0.463 e. The highest BCUT2D eigenvalue weighted by Crippen LogP contribution is 2.12. The third kappa shape index (κ3) is 1.84. The van der Waals surface area contributed by atoms with E-state index in [-0.39, 0.29) is 0 Å². The van der Waals surface area contributed by atoms with Crippen molar-refractivity contribution in [2.45, 2.75) is 20.5 Å². The maximum absolute atomic E-state index is 9.95. The lowest BCUT2D eigenvalue weighted by molar-refractivity contribution is -0.129. The molecule has 2 nitrogen and oxygen atoms in total.